The van der Waals surface area contributed by atoms with E-state index in [0.29, 0.717) is 18.4 Å². The van der Waals surface area contributed by atoms with Crippen LogP contribution in [0.1, 0.15) is 11.9 Å². The van der Waals surface area contributed by atoms with Crippen molar-refractivity contribution in [3.8, 4) is 0 Å². The SMILES string of the molecule is Clc1cc(C2OCCO2)c(Br)cn1. The van der Waals surface area contributed by atoms with Crippen molar-refractivity contribution >= 4 is 27.5 Å². The van der Waals surface area contributed by atoms with Crippen LogP contribution in [-0.4, -0.2) is 18.2 Å². The molecular weight excluding hydrogens is 257 g/mol. The number of hydrogen-bond donors (Lipinski definition) is 0. The lowest BCUT2D eigenvalue weighted by molar-refractivity contribution is -0.0446. The Morgan fingerprint density at radius 1 is 1.46 bits per heavy atom. The molecule has 1 fully saturated rings. The van der Waals surface area contributed by atoms with Gasteiger partial charge in [-0.25, -0.2) is 4.98 Å². The van der Waals surface area contributed by atoms with Gasteiger partial charge in [-0.3, -0.25) is 0 Å². The van der Waals surface area contributed by atoms with Gasteiger partial charge in [0.05, 0.1) is 13.2 Å². The van der Waals surface area contributed by atoms with Crippen LogP contribution in [0, 0.1) is 0 Å². The molecule has 5 heteroatoms. The van der Waals surface area contributed by atoms with Gasteiger partial charge in [-0.15, -0.1) is 0 Å². The highest BCUT2D eigenvalue weighted by molar-refractivity contribution is 9.10. The highest BCUT2D eigenvalue weighted by atomic mass is 79.9. The first-order valence-corrected chi connectivity index (χ1v) is 4.98. The molecule has 1 aliphatic rings. The van der Waals surface area contributed by atoms with Crippen molar-refractivity contribution in [3.63, 3.8) is 0 Å². The van der Waals surface area contributed by atoms with E-state index in [1.165, 1.54) is 0 Å². The Kier molecular flexibility index (Phi) is 2.83. The summed E-state index contributed by atoms with van der Waals surface area (Å²) in [6.45, 7) is 1.24. The molecule has 13 heavy (non-hydrogen) atoms. The van der Waals surface area contributed by atoms with E-state index in [-0.39, 0.29) is 6.29 Å². The van der Waals surface area contributed by atoms with Gasteiger partial charge in [0, 0.05) is 16.2 Å². The number of rotatable bonds is 1. The first kappa shape index (κ1) is 9.40. The molecule has 0 amide bonds. The van der Waals surface area contributed by atoms with E-state index < -0.39 is 0 Å². The number of ether oxygens (including phenoxy) is 2. The number of aromatic nitrogens is 1. The molecule has 1 aromatic heterocycles. The molecule has 0 atom stereocenters. The fourth-order valence-corrected chi connectivity index (χ4v) is 1.72. The third kappa shape index (κ3) is 2.02. The van der Waals surface area contributed by atoms with Crippen molar-refractivity contribution in [3.05, 3.63) is 27.5 Å². The molecular formula is C8H7BrClNO2. The van der Waals surface area contributed by atoms with Crippen molar-refractivity contribution < 1.29 is 9.47 Å². The molecule has 0 aromatic carbocycles. The molecule has 0 radical (unpaired) electrons. The topological polar surface area (TPSA) is 31.4 Å². The van der Waals surface area contributed by atoms with Gasteiger partial charge < -0.3 is 9.47 Å². The summed E-state index contributed by atoms with van der Waals surface area (Å²) in [5.74, 6) is 0. The van der Waals surface area contributed by atoms with E-state index in [4.69, 9.17) is 21.1 Å². The van der Waals surface area contributed by atoms with Crippen LogP contribution in [0.5, 0.6) is 0 Å². The minimum atomic E-state index is -0.310. The molecule has 0 aliphatic carbocycles. The summed E-state index contributed by atoms with van der Waals surface area (Å²) < 4.78 is 11.5. The van der Waals surface area contributed by atoms with E-state index in [2.05, 4.69) is 20.9 Å². The lowest BCUT2D eigenvalue weighted by atomic mass is 10.2. The smallest absolute Gasteiger partial charge is 0.185 e. The Morgan fingerprint density at radius 2 is 2.15 bits per heavy atom. The van der Waals surface area contributed by atoms with Gasteiger partial charge >= 0.3 is 0 Å². The van der Waals surface area contributed by atoms with Crippen LogP contribution in [0.4, 0.5) is 0 Å². The van der Waals surface area contributed by atoms with Gasteiger partial charge in [0.1, 0.15) is 5.15 Å². The zero-order valence-electron chi connectivity index (χ0n) is 6.67. The predicted molar refractivity (Wildman–Crippen MR) is 51.6 cm³/mol. The molecule has 70 valence electrons. The molecule has 2 heterocycles. The van der Waals surface area contributed by atoms with Gasteiger partial charge in [-0.05, 0) is 22.0 Å². The van der Waals surface area contributed by atoms with Gasteiger partial charge in [0.2, 0.25) is 0 Å². The number of pyridine rings is 1. The summed E-state index contributed by atoms with van der Waals surface area (Å²) in [6, 6.07) is 1.74. The lowest BCUT2D eigenvalue weighted by Gasteiger charge is -2.10. The third-order valence-electron chi connectivity index (χ3n) is 1.73. The van der Waals surface area contributed by atoms with Gasteiger partial charge in [-0.2, -0.15) is 0 Å². The first-order chi connectivity index (χ1) is 6.27. The molecule has 0 N–H and O–H groups in total. The maximum Gasteiger partial charge on any atom is 0.185 e. The molecule has 0 saturated carbocycles. The van der Waals surface area contributed by atoms with Gasteiger partial charge in [0.25, 0.3) is 0 Å². The second kappa shape index (κ2) is 3.92. The zero-order chi connectivity index (χ0) is 9.26. The van der Waals surface area contributed by atoms with E-state index in [0.717, 1.165) is 10.0 Å². The highest BCUT2D eigenvalue weighted by Gasteiger charge is 2.21. The minimum absolute atomic E-state index is 0.310. The summed E-state index contributed by atoms with van der Waals surface area (Å²) in [7, 11) is 0. The zero-order valence-corrected chi connectivity index (χ0v) is 9.01. The maximum atomic E-state index is 5.75. The average molecular weight is 265 g/mol. The molecule has 2 rings (SSSR count). The third-order valence-corrected chi connectivity index (χ3v) is 2.60. The number of halogens is 2. The molecule has 1 aliphatic heterocycles. The van der Waals surface area contributed by atoms with Crippen molar-refractivity contribution in [1.82, 2.24) is 4.98 Å². The monoisotopic (exact) mass is 263 g/mol. The number of nitrogens with zero attached hydrogens (tertiary/aromatic N) is 1. The summed E-state index contributed by atoms with van der Waals surface area (Å²) in [4.78, 5) is 3.92. The van der Waals surface area contributed by atoms with Crippen LogP contribution in [0.15, 0.2) is 16.7 Å². The van der Waals surface area contributed by atoms with Gasteiger partial charge in [0.15, 0.2) is 6.29 Å². The van der Waals surface area contributed by atoms with E-state index in [9.17, 15) is 0 Å². The Balaban J connectivity index is 2.32. The van der Waals surface area contributed by atoms with Crippen LogP contribution in [0.3, 0.4) is 0 Å². The Hall–Kier alpha value is -0.160. The summed E-state index contributed by atoms with van der Waals surface area (Å²) in [5.41, 5.74) is 0.887. The summed E-state index contributed by atoms with van der Waals surface area (Å²) in [6.07, 6.45) is 1.33. The van der Waals surface area contributed by atoms with Gasteiger partial charge in [-0.1, -0.05) is 11.6 Å². The number of hydrogen-bond acceptors (Lipinski definition) is 3. The fraction of sp³-hybridized carbons (Fsp3) is 0.375. The highest BCUT2D eigenvalue weighted by Crippen LogP contribution is 2.30. The van der Waals surface area contributed by atoms with Crippen LogP contribution in [0.2, 0.25) is 5.15 Å². The Labute approximate surface area is 89.1 Å². The first-order valence-electron chi connectivity index (χ1n) is 3.81. The van der Waals surface area contributed by atoms with Crippen LogP contribution >= 0.6 is 27.5 Å². The molecule has 1 aromatic rings. The molecule has 1 saturated heterocycles. The predicted octanol–water partition coefficient (Wildman–Crippen LogP) is 2.54. The fourth-order valence-electron chi connectivity index (χ4n) is 1.15. The quantitative estimate of drug-likeness (QED) is 0.731. The molecule has 3 nitrogen and oxygen atoms in total. The van der Waals surface area contributed by atoms with Crippen molar-refractivity contribution in [1.29, 1.82) is 0 Å². The van der Waals surface area contributed by atoms with Crippen LogP contribution < -0.4 is 0 Å². The maximum absolute atomic E-state index is 5.75. The summed E-state index contributed by atoms with van der Waals surface area (Å²) in [5, 5.41) is 0.442. The lowest BCUT2D eigenvalue weighted by Crippen LogP contribution is -1.99. The second-order valence-electron chi connectivity index (χ2n) is 2.60. The van der Waals surface area contributed by atoms with E-state index in [1.54, 1.807) is 12.3 Å². The molecule has 0 spiro atoms. The largest absolute Gasteiger partial charge is 0.346 e. The molecule has 0 unspecified atom stereocenters. The summed E-state index contributed by atoms with van der Waals surface area (Å²) >= 11 is 9.11. The standard InChI is InChI=1S/C8H7BrClNO2/c9-6-4-11-7(10)3-5(6)8-12-1-2-13-8/h3-4,8H,1-2H2. The van der Waals surface area contributed by atoms with Crippen molar-refractivity contribution in [2.45, 2.75) is 6.29 Å². The minimum Gasteiger partial charge on any atom is -0.346 e. The average Bonchev–Trinajstić information content (AvgIpc) is 2.61. The van der Waals surface area contributed by atoms with Crippen molar-refractivity contribution in [2.75, 3.05) is 13.2 Å². The Bertz CT molecular complexity index is 315. The van der Waals surface area contributed by atoms with Crippen molar-refractivity contribution in [2.24, 2.45) is 0 Å². The van der Waals surface area contributed by atoms with E-state index in [1.807, 2.05) is 0 Å². The van der Waals surface area contributed by atoms with Crippen LogP contribution in [0.25, 0.3) is 0 Å². The second-order valence-corrected chi connectivity index (χ2v) is 3.84. The molecule has 0 bridgehead atoms. The van der Waals surface area contributed by atoms with E-state index >= 15 is 0 Å². The normalized spacial score (nSPS) is 18.0. The Morgan fingerprint density at radius 3 is 2.85 bits per heavy atom. The van der Waals surface area contributed by atoms with Crippen LogP contribution in [-0.2, 0) is 9.47 Å².